The molecule has 0 saturated heterocycles. The van der Waals surface area contributed by atoms with Gasteiger partial charge in [0.25, 0.3) is 0 Å². The third kappa shape index (κ3) is 5.61. The van der Waals surface area contributed by atoms with Crippen molar-refractivity contribution >= 4 is 11.4 Å². The lowest BCUT2D eigenvalue weighted by molar-refractivity contribution is 0.414. The molecule has 0 aliphatic carbocycles. The summed E-state index contributed by atoms with van der Waals surface area (Å²) in [6, 6.07) is 32.8. The van der Waals surface area contributed by atoms with Crippen molar-refractivity contribution in [3.8, 4) is 11.5 Å². The molecule has 0 atom stereocenters. The summed E-state index contributed by atoms with van der Waals surface area (Å²) in [5, 5.41) is 9.76. The fraction of sp³-hybridized carbons (Fsp3) is 0.158. The molecule has 0 amide bonds. The summed E-state index contributed by atoms with van der Waals surface area (Å²) in [6.07, 6.45) is 5.36. The van der Waals surface area contributed by atoms with Gasteiger partial charge < -0.3 is 9.47 Å². The molecule has 0 radical (unpaired) electrons. The van der Waals surface area contributed by atoms with Crippen molar-refractivity contribution in [1.82, 2.24) is 19.3 Å². The summed E-state index contributed by atoms with van der Waals surface area (Å²) in [4.78, 5) is 9.12. The van der Waals surface area contributed by atoms with Gasteiger partial charge in [-0.3, -0.25) is 0 Å². The Balaban J connectivity index is 0.000000147. The summed E-state index contributed by atoms with van der Waals surface area (Å²) < 4.78 is 14.6. The predicted molar refractivity (Wildman–Crippen MR) is 180 cm³/mol. The van der Waals surface area contributed by atoms with Crippen LogP contribution in [0.3, 0.4) is 0 Å². The molecule has 0 saturated carbocycles. The number of aryl methyl sites for hydroxylation is 2. The molecule has 2 aliphatic rings. The van der Waals surface area contributed by atoms with Crippen molar-refractivity contribution in [2.24, 2.45) is 10.2 Å². The smallest absolute Gasteiger partial charge is 0.134 e. The zero-order valence-electron chi connectivity index (χ0n) is 26.3. The van der Waals surface area contributed by atoms with Gasteiger partial charge in [0.1, 0.15) is 23.1 Å². The number of rotatable bonds is 4. The Morgan fingerprint density at radius 3 is 1.74 bits per heavy atom. The van der Waals surface area contributed by atoms with Crippen molar-refractivity contribution in [1.29, 1.82) is 0 Å². The molecule has 4 heterocycles. The van der Waals surface area contributed by atoms with E-state index in [1.807, 2.05) is 84.1 Å². The van der Waals surface area contributed by atoms with Gasteiger partial charge in [0.15, 0.2) is 0 Å². The average Bonchev–Trinajstić information content (AvgIpc) is 3.51. The van der Waals surface area contributed by atoms with Crippen molar-refractivity contribution in [2.45, 2.75) is 26.7 Å². The van der Waals surface area contributed by atoms with Gasteiger partial charge in [-0.1, -0.05) is 72.8 Å². The number of methoxy groups -OCH3 is 2. The highest BCUT2D eigenvalue weighted by Crippen LogP contribution is 2.28. The van der Waals surface area contributed by atoms with Crippen LogP contribution in [0.15, 0.2) is 120 Å². The molecule has 228 valence electrons. The van der Waals surface area contributed by atoms with Gasteiger partial charge >= 0.3 is 0 Å². The SMILES string of the molecule is COc1ccc2c(c1)C(c1ccccc1)=Nn1c(C)cnc1C2.COc1ccc2c(c1)C(c1ccccc1)=Nn1cc(C)nc1C2. The second kappa shape index (κ2) is 12.3. The van der Waals surface area contributed by atoms with E-state index < -0.39 is 0 Å². The van der Waals surface area contributed by atoms with E-state index in [1.165, 1.54) is 11.1 Å². The van der Waals surface area contributed by atoms with Crippen LogP contribution >= 0.6 is 0 Å². The first kappa shape index (κ1) is 29.0. The van der Waals surface area contributed by atoms with E-state index in [9.17, 15) is 0 Å². The zero-order chi connectivity index (χ0) is 31.6. The first-order valence-corrected chi connectivity index (χ1v) is 15.2. The predicted octanol–water partition coefficient (Wildman–Crippen LogP) is 6.81. The summed E-state index contributed by atoms with van der Waals surface area (Å²) in [5.74, 6) is 3.59. The Morgan fingerprint density at radius 1 is 0.630 bits per heavy atom. The van der Waals surface area contributed by atoms with Crippen molar-refractivity contribution in [2.75, 3.05) is 14.2 Å². The van der Waals surface area contributed by atoms with Crippen LogP contribution in [0.4, 0.5) is 0 Å². The Morgan fingerprint density at radius 2 is 1.17 bits per heavy atom. The van der Waals surface area contributed by atoms with Gasteiger partial charge in [-0.15, -0.1) is 0 Å². The van der Waals surface area contributed by atoms with Gasteiger partial charge in [-0.25, -0.2) is 19.3 Å². The van der Waals surface area contributed by atoms with Crippen molar-refractivity contribution in [3.05, 3.63) is 166 Å². The molecule has 0 bridgehead atoms. The first-order valence-electron chi connectivity index (χ1n) is 15.2. The molecule has 8 rings (SSSR count). The first-order chi connectivity index (χ1) is 22.5. The fourth-order valence-corrected chi connectivity index (χ4v) is 5.87. The molecule has 0 spiro atoms. The number of nitrogens with zero attached hydrogens (tertiary/aromatic N) is 6. The largest absolute Gasteiger partial charge is 0.497 e. The third-order valence-corrected chi connectivity index (χ3v) is 8.20. The van der Waals surface area contributed by atoms with Crippen LogP contribution in [0, 0.1) is 13.8 Å². The standard InChI is InChI=1S/2C19H17N3O/c1-13-12-22-18(20-13)10-15-8-9-16(23-2)11-17(15)19(21-22)14-6-4-3-5-7-14;1-13-12-20-18-10-15-8-9-16(23-2)11-17(15)19(21-22(13)18)14-6-4-3-5-7-14/h2*3-9,11-12H,10H2,1-2H3. The van der Waals surface area contributed by atoms with E-state index in [2.05, 4.69) is 58.5 Å². The van der Waals surface area contributed by atoms with Crippen LogP contribution in [-0.4, -0.2) is 45.0 Å². The van der Waals surface area contributed by atoms with E-state index in [0.717, 1.165) is 81.1 Å². The molecule has 0 unspecified atom stereocenters. The van der Waals surface area contributed by atoms with Crippen LogP contribution in [0.2, 0.25) is 0 Å². The molecule has 2 aliphatic heterocycles. The van der Waals surface area contributed by atoms with E-state index in [-0.39, 0.29) is 0 Å². The average molecular weight is 607 g/mol. The molecule has 4 aromatic carbocycles. The maximum atomic E-state index is 5.41. The summed E-state index contributed by atoms with van der Waals surface area (Å²) >= 11 is 0. The summed E-state index contributed by atoms with van der Waals surface area (Å²) in [7, 11) is 3.37. The quantitative estimate of drug-likeness (QED) is 0.221. The maximum absolute atomic E-state index is 5.41. The van der Waals surface area contributed by atoms with Gasteiger partial charge in [-0.05, 0) is 49.2 Å². The molecule has 8 heteroatoms. The molecule has 2 aromatic heterocycles. The fourth-order valence-electron chi connectivity index (χ4n) is 5.87. The Bertz CT molecular complexity index is 2080. The van der Waals surface area contributed by atoms with Crippen molar-refractivity contribution < 1.29 is 9.47 Å². The second-order valence-corrected chi connectivity index (χ2v) is 11.3. The van der Waals surface area contributed by atoms with Crippen LogP contribution in [0.25, 0.3) is 0 Å². The topological polar surface area (TPSA) is 78.8 Å². The molecule has 0 N–H and O–H groups in total. The maximum Gasteiger partial charge on any atom is 0.134 e. The van der Waals surface area contributed by atoms with Gasteiger partial charge in [0.05, 0.1) is 49.4 Å². The minimum Gasteiger partial charge on any atom is -0.497 e. The summed E-state index contributed by atoms with van der Waals surface area (Å²) in [5.41, 5.74) is 10.7. The van der Waals surface area contributed by atoms with Crippen LogP contribution in [-0.2, 0) is 12.8 Å². The normalized spacial score (nSPS) is 12.9. The highest BCUT2D eigenvalue weighted by molar-refractivity contribution is 6.14. The highest BCUT2D eigenvalue weighted by Gasteiger charge is 2.22. The highest BCUT2D eigenvalue weighted by atomic mass is 16.5. The van der Waals surface area contributed by atoms with Crippen LogP contribution in [0.5, 0.6) is 11.5 Å². The van der Waals surface area contributed by atoms with Crippen molar-refractivity contribution in [3.63, 3.8) is 0 Å². The monoisotopic (exact) mass is 606 g/mol. The molecule has 0 fully saturated rings. The third-order valence-electron chi connectivity index (χ3n) is 8.20. The van der Waals surface area contributed by atoms with Gasteiger partial charge in [0, 0.05) is 35.1 Å². The number of fused-ring (bicyclic) bond motifs is 4. The minimum atomic E-state index is 0.757. The zero-order valence-corrected chi connectivity index (χ0v) is 26.3. The summed E-state index contributed by atoms with van der Waals surface area (Å²) in [6.45, 7) is 4.02. The number of ether oxygens (including phenoxy) is 2. The van der Waals surface area contributed by atoms with E-state index in [4.69, 9.17) is 19.7 Å². The molecule has 46 heavy (non-hydrogen) atoms. The Kier molecular flexibility index (Phi) is 7.76. The van der Waals surface area contributed by atoms with E-state index in [1.54, 1.807) is 14.2 Å². The second-order valence-electron chi connectivity index (χ2n) is 11.3. The van der Waals surface area contributed by atoms with E-state index >= 15 is 0 Å². The van der Waals surface area contributed by atoms with E-state index in [0.29, 0.717) is 0 Å². The number of benzene rings is 4. The lowest BCUT2D eigenvalue weighted by Crippen LogP contribution is -2.07. The van der Waals surface area contributed by atoms with Gasteiger partial charge in [-0.2, -0.15) is 10.2 Å². The molecule has 6 aromatic rings. The Hall–Kier alpha value is -5.76. The number of hydrogen-bond donors (Lipinski definition) is 0. The van der Waals surface area contributed by atoms with Crippen LogP contribution in [0.1, 0.15) is 56.4 Å². The molecule has 8 nitrogen and oxygen atoms in total. The van der Waals surface area contributed by atoms with Crippen LogP contribution < -0.4 is 9.47 Å². The molecular formula is C38H34N6O2. The lowest BCUT2D eigenvalue weighted by Gasteiger charge is -2.11. The number of imidazole rings is 2. The number of hydrogen-bond acceptors (Lipinski definition) is 6. The number of aromatic nitrogens is 4. The Labute approximate surface area is 268 Å². The van der Waals surface area contributed by atoms with Gasteiger partial charge in [0.2, 0.25) is 0 Å². The lowest BCUT2D eigenvalue weighted by atomic mass is 9.96. The minimum absolute atomic E-state index is 0.757. The molecular weight excluding hydrogens is 572 g/mol.